The number of thioether (sulfide) groups is 1. The summed E-state index contributed by atoms with van der Waals surface area (Å²) in [4.78, 5) is 6.43. The highest BCUT2D eigenvalue weighted by atomic mass is 32.2. The standard InChI is InChI=1S/C9H17N3O2S2/c1-10-8(15)12-4-5-16-9(12)11-6-7(13-2)14-3/h7H,4-6H2,1-3H3,(H,10,15). The summed E-state index contributed by atoms with van der Waals surface area (Å²) >= 11 is 6.88. The Bertz CT molecular complexity index is 269. The largest absolute Gasteiger partial charge is 0.365 e. The SMILES string of the molecule is CNC(=S)N1CCSC1=NCC(OC)OC. The second-order valence-corrected chi connectivity index (χ2v) is 4.53. The number of methoxy groups -OCH3 is 2. The minimum Gasteiger partial charge on any atom is -0.365 e. The number of thiocarbonyl (C=S) groups is 1. The third kappa shape index (κ3) is 3.58. The molecule has 0 aromatic rings. The van der Waals surface area contributed by atoms with E-state index in [1.165, 1.54) is 0 Å². The van der Waals surface area contributed by atoms with Gasteiger partial charge in [-0.25, -0.2) is 0 Å². The predicted octanol–water partition coefficient (Wildman–Crippen LogP) is 0.514. The fraction of sp³-hybridized carbons (Fsp3) is 0.778. The lowest BCUT2D eigenvalue weighted by Gasteiger charge is -2.18. The van der Waals surface area contributed by atoms with Crippen molar-refractivity contribution in [2.75, 3.05) is 40.1 Å². The third-order valence-electron chi connectivity index (χ3n) is 2.14. The first-order chi connectivity index (χ1) is 7.72. The van der Waals surface area contributed by atoms with Crippen LogP contribution in [0.1, 0.15) is 0 Å². The monoisotopic (exact) mass is 263 g/mol. The lowest BCUT2D eigenvalue weighted by molar-refractivity contribution is -0.0937. The van der Waals surface area contributed by atoms with E-state index in [2.05, 4.69) is 10.3 Å². The molecule has 7 heteroatoms. The van der Waals surface area contributed by atoms with Gasteiger partial charge in [0.1, 0.15) is 0 Å². The summed E-state index contributed by atoms with van der Waals surface area (Å²) in [6.45, 7) is 1.38. The summed E-state index contributed by atoms with van der Waals surface area (Å²) in [5.41, 5.74) is 0. The molecule has 1 heterocycles. The molecule has 0 saturated carbocycles. The van der Waals surface area contributed by atoms with Crippen LogP contribution in [0.5, 0.6) is 0 Å². The van der Waals surface area contributed by atoms with Crippen LogP contribution in [-0.4, -0.2) is 61.6 Å². The van der Waals surface area contributed by atoms with Gasteiger partial charge in [-0.05, 0) is 12.2 Å². The number of amidine groups is 1. The van der Waals surface area contributed by atoms with Crippen LogP contribution in [0.3, 0.4) is 0 Å². The van der Waals surface area contributed by atoms with Crippen LogP contribution in [0.15, 0.2) is 4.99 Å². The van der Waals surface area contributed by atoms with Gasteiger partial charge < -0.3 is 14.8 Å². The molecule has 0 unspecified atom stereocenters. The van der Waals surface area contributed by atoms with Crippen molar-refractivity contribution in [3.8, 4) is 0 Å². The molecule has 0 aliphatic carbocycles. The zero-order chi connectivity index (χ0) is 12.0. The van der Waals surface area contributed by atoms with E-state index in [9.17, 15) is 0 Å². The quantitative estimate of drug-likeness (QED) is 0.589. The number of hydrogen-bond acceptors (Lipinski definition) is 5. The maximum absolute atomic E-state index is 5.19. The van der Waals surface area contributed by atoms with Crippen LogP contribution in [0, 0.1) is 0 Å². The molecule has 1 aliphatic rings. The van der Waals surface area contributed by atoms with E-state index in [-0.39, 0.29) is 6.29 Å². The Kier molecular flexibility index (Phi) is 6.04. The summed E-state index contributed by atoms with van der Waals surface area (Å²) < 4.78 is 10.2. The molecule has 0 bridgehead atoms. The smallest absolute Gasteiger partial charge is 0.176 e. The van der Waals surface area contributed by atoms with Gasteiger partial charge in [0, 0.05) is 33.6 Å². The summed E-state index contributed by atoms with van der Waals surface area (Å²) in [5.74, 6) is 1.01. The van der Waals surface area contributed by atoms with Crippen LogP contribution in [0.25, 0.3) is 0 Å². The predicted molar refractivity (Wildman–Crippen MR) is 70.9 cm³/mol. The van der Waals surface area contributed by atoms with Crippen molar-refractivity contribution >= 4 is 34.3 Å². The van der Waals surface area contributed by atoms with Gasteiger partial charge in [-0.2, -0.15) is 0 Å². The Balaban J connectivity index is 2.56. The second kappa shape index (κ2) is 7.05. The van der Waals surface area contributed by atoms with Gasteiger partial charge in [-0.1, -0.05) is 11.8 Å². The molecule has 0 amide bonds. The molecule has 0 spiro atoms. The molecule has 1 aliphatic heterocycles. The summed E-state index contributed by atoms with van der Waals surface area (Å²) in [5, 5.41) is 4.59. The lowest BCUT2D eigenvalue weighted by Crippen LogP contribution is -2.38. The van der Waals surface area contributed by atoms with E-state index in [1.54, 1.807) is 26.0 Å². The topological polar surface area (TPSA) is 46.1 Å². The summed E-state index contributed by atoms with van der Waals surface area (Å²) in [6.07, 6.45) is -0.293. The molecule has 92 valence electrons. The van der Waals surface area contributed by atoms with Crippen LogP contribution in [-0.2, 0) is 9.47 Å². The molecule has 0 atom stereocenters. The first kappa shape index (κ1) is 13.7. The Morgan fingerprint density at radius 3 is 2.88 bits per heavy atom. The zero-order valence-electron chi connectivity index (χ0n) is 9.73. The van der Waals surface area contributed by atoms with Gasteiger partial charge in [-0.3, -0.25) is 9.89 Å². The van der Waals surface area contributed by atoms with E-state index < -0.39 is 0 Å². The molecule has 0 aromatic heterocycles. The number of nitrogens with one attached hydrogen (secondary N) is 1. The fourth-order valence-electron chi connectivity index (χ4n) is 1.25. The van der Waals surface area contributed by atoms with Crippen molar-refractivity contribution in [1.82, 2.24) is 10.2 Å². The van der Waals surface area contributed by atoms with Gasteiger partial charge in [0.25, 0.3) is 0 Å². The molecule has 1 N–H and O–H groups in total. The average Bonchev–Trinajstić information content (AvgIpc) is 2.77. The lowest BCUT2D eigenvalue weighted by atomic mass is 10.6. The average molecular weight is 263 g/mol. The molecule has 16 heavy (non-hydrogen) atoms. The van der Waals surface area contributed by atoms with Crippen LogP contribution >= 0.6 is 24.0 Å². The Morgan fingerprint density at radius 1 is 1.62 bits per heavy atom. The van der Waals surface area contributed by atoms with Crippen molar-refractivity contribution in [1.29, 1.82) is 0 Å². The minimum absolute atomic E-state index is 0.293. The maximum atomic E-state index is 5.19. The maximum Gasteiger partial charge on any atom is 0.176 e. The van der Waals surface area contributed by atoms with Crippen LogP contribution in [0.2, 0.25) is 0 Å². The van der Waals surface area contributed by atoms with Gasteiger partial charge >= 0.3 is 0 Å². The molecule has 5 nitrogen and oxygen atoms in total. The molecule has 0 radical (unpaired) electrons. The van der Waals surface area contributed by atoms with Crippen LogP contribution in [0.4, 0.5) is 0 Å². The van der Waals surface area contributed by atoms with Crippen molar-refractivity contribution in [3.63, 3.8) is 0 Å². The van der Waals surface area contributed by atoms with Gasteiger partial charge in [-0.15, -0.1) is 0 Å². The van der Waals surface area contributed by atoms with E-state index in [1.807, 2.05) is 11.9 Å². The Hall–Kier alpha value is -0.370. The van der Waals surface area contributed by atoms with Gasteiger partial charge in [0.05, 0.1) is 6.54 Å². The third-order valence-corrected chi connectivity index (χ3v) is 3.56. The van der Waals surface area contributed by atoms with Crippen molar-refractivity contribution in [3.05, 3.63) is 0 Å². The molecule has 1 rings (SSSR count). The summed E-state index contributed by atoms with van der Waals surface area (Å²) in [6, 6.07) is 0. The van der Waals surface area contributed by atoms with E-state index in [4.69, 9.17) is 21.7 Å². The number of hydrogen-bond donors (Lipinski definition) is 1. The number of nitrogens with zero attached hydrogens (tertiary/aromatic N) is 2. The summed E-state index contributed by atoms with van der Waals surface area (Å²) in [7, 11) is 5.02. The Morgan fingerprint density at radius 2 is 2.31 bits per heavy atom. The van der Waals surface area contributed by atoms with Crippen molar-refractivity contribution in [2.24, 2.45) is 4.99 Å². The zero-order valence-corrected chi connectivity index (χ0v) is 11.4. The second-order valence-electron chi connectivity index (χ2n) is 3.08. The molecular weight excluding hydrogens is 246 g/mol. The highest BCUT2D eigenvalue weighted by Crippen LogP contribution is 2.18. The number of ether oxygens (including phenoxy) is 2. The first-order valence-corrected chi connectivity index (χ1v) is 6.34. The minimum atomic E-state index is -0.293. The van der Waals surface area contributed by atoms with Crippen LogP contribution < -0.4 is 5.32 Å². The molecule has 0 aromatic carbocycles. The highest BCUT2D eigenvalue weighted by molar-refractivity contribution is 8.14. The molecule has 1 fully saturated rings. The van der Waals surface area contributed by atoms with E-state index in [0.717, 1.165) is 17.5 Å². The number of aliphatic imine (C=N–C) groups is 1. The van der Waals surface area contributed by atoms with Gasteiger partial charge in [0.2, 0.25) is 0 Å². The van der Waals surface area contributed by atoms with E-state index >= 15 is 0 Å². The van der Waals surface area contributed by atoms with Crippen molar-refractivity contribution in [2.45, 2.75) is 6.29 Å². The fourth-order valence-corrected chi connectivity index (χ4v) is 2.45. The van der Waals surface area contributed by atoms with Gasteiger partial charge in [0.15, 0.2) is 16.6 Å². The highest BCUT2D eigenvalue weighted by Gasteiger charge is 2.22. The van der Waals surface area contributed by atoms with E-state index in [0.29, 0.717) is 11.7 Å². The first-order valence-electron chi connectivity index (χ1n) is 4.95. The Labute approximate surface area is 106 Å². The van der Waals surface area contributed by atoms with Crippen molar-refractivity contribution < 1.29 is 9.47 Å². The molecule has 1 saturated heterocycles. The normalized spacial score (nSPS) is 18.5. The molecular formula is C9H17N3O2S2. The number of rotatable bonds is 4.